The molecule has 1 aromatic heterocycles. The molecular weight excluding hydrogens is 344 g/mol. The Morgan fingerprint density at radius 2 is 1.59 bits per heavy atom. The van der Waals surface area contributed by atoms with Gasteiger partial charge in [-0.25, -0.2) is 9.97 Å². The van der Waals surface area contributed by atoms with Gasteiger partial charge >= 0.3 is 0 Å². The molecule has 27 heavy (non-hydrogen) atoms. The average Bonchev–Trinajstić information content (AvgIpc) is 2.67. The van der Waals surface area contributed by atoms with Crippen LogP contribution < -0.4 is 20.1 Å². The zero-order chi connectivity index (χ0) is 19.2. The van der Waals surface area contributed by atoms with Crippen LogP contribution in [0.3, 0.4) is 0 Å². The Morgan fingerprint density at radius 1 is 0.926 bits per heavy atom. The van der Waals surface area contributed by atoms with Gasteiger partial charge in [-0.1, -0.05) is 12.1 Å². The van der Waals surface area contributed by atoms with Gasteiger partial charge in [0.05, 0.1) is 14.2 Å². The number of aromatic nitrogens is 2. The predicted molar refractivity (Wildman–Crippen MR) is 104 cm³/mol. The monoisotopic (exact) mass is 364 g/mol. The van der Waals surface area contributed by atoms with Crippen LogP contribution in [0.2, 0.25) is 0 Å². The average molecular weight is 364 g/mol. The normalized spacial score (nSPS) is 10.2. The van der Waals surface area contributed by atoms with Crippen LogP contribution in [-0.2, 0) is 0 Å². The molecule has 3 rings (SSSR count). The second-order valence-corrected chi connectivity index (χ2v) is 5.74. The number of ether oxygens (including phenoxy) is 2. The van der Waals surface area contributed by atoms with Crippen LogP contribution in [0.15, 0.2) is 54.9 Å². The van der Waals surface area contributed by atoms with Crippen molar-refractivity contribution in [2.24, 2.45) is 0 Å². The number of carbonyl (C=O) groups excluding carboxylic acids is 1. The number of methoxy groups -OCH3 is 2. The van der Waals surface area contributed by atoms with E-state index in [0.29, 0.717) is 28.6 Å². The number of hydrogen-bond acceptors (Lipinski definition) is 6. The largest absolute Gasteiger partial charge is 0.496 e. The van der Waals surface area contributed by atoms with Gasteiger partial charge < -0.3 is 20.1 Å². The van der Waals surface area contributed by atoms with Crippen molar-refractivity contribution < 1.29 is 14.3 Å². The zero-order valence-electron chi connectivity index (χ0n) is 15.3. The van der Waals surface area contributed by atoms with E-state index in [1.807, 2.05) is 31.2 Å². The fraction of sp³-hybridized carbons (Fsp3) is 0.150. The molecule has 0 saturated heterocycles. The first-order valence-electron chi connectivity index (χ1n) is 8.29. The Morgan fingerprint density at radius 3 is 2.26 bits per heavy atom. The summed E-state index contributed by atoms with van der Waals surface area (Å²) < 4.78 is 10.6. The lowest BCUT2D eigenvalue weighted by Gasteiger charge is -2.13. The number of nitrogens with one attached hydrogen (secondary N) is 2. The first kappa shape index (κ1) is 18.2. The summed E-state index contributed by atoms with van der Waals surface area (Å²) in [6, 6.07) is 14.4. The molecule has 0 radical (unpaired) electrons. The molecule has 0 unspecified atom stereocenters. The molecule has 1 amide bonds. The Labute approximate surface area is 157 Å². The topological polar surface area (TPSA) is 85.4 Å². The summed E-state index contributed by atoms with van der Waals surface area (Å²) in [5.74, 6) is 1.24. The van der Waals surface area contributed by atoms with Crippen molar-refractivity contribution in [1.82, 2.24) is 9.97 Å². The maximum absolute atomic E-state index is 12.8. The highest BCUT2D eigenvalue weighted by molar-refractivity contribution is 6.08. The number of nitrogens with zero attached hydrogens (tertiary/aromatic N) is 2. The van der Waals surface area contributed by atoms with Crippen LogP contribution in [0.4, 0.5) is 17.2 Å². The third-order valence-corrected chi connectivity index (χ3v) is 3.85. The molecule has 0 fully saturated rings. The third-order valence-electron chi connectivity index (χ3n) is 3.85. The number of rotatable bonds is 6. The number of benzene rings is 2. The fourth-order valence-corrected chi connectivity index (χ4v) is 2.61. The van der Waals surface area contributed by atoms with Crippen molar-refractivity contribution in [1.29, 1.82) is 0 Å². The summed E-state index contributed by atoms with van der Waals surface area (Å²) in [6.45, 7) is 1.89. The van der Waals surface area contributed by atoms with Crippen molar-refractivity contribution in [3.05, 3.63) is 66.1 Å². The van der Waals surface area contributed by atoms with Crippen LogP contribution in [0.25, 0.3) is 0 Å². The molecule has 0 aliphatic heterocycles. The van der Waals surface area contributed by atoms with Crippen molar-refractivity contribution in [2.45, 2.75) is 6.92 Å². The molecule has 2 N–H and O–H groups in total. The van der Waals surface area contributed by atoms with Crippen molar-refractivity contribution in [3.63, 3.8) is 0 Å². The van der Waals surface area contributed by atoms with Gasteiger partial charge in [-0.05, 0) is 37.3 Å². The summed E-state index contributed by atoms with van der Waals surface area (Å²) >= 11 is 0. The standard InChI is InChI=1S/C20H20N4O3/c1-13-10-18(22-12-21-13)23-14-6-4-7-15(11-14)24-20(25)19-16(26-2)8-5-9-17(19)27-3/h4-12H,1-3H3,(H,24,25)(H,21,22,23). The molecule has 7 nitrogen and oxygen atoms in total. The van der Waals surface area contributed by atoms with Gasteiger partial charge in [-0.2, -0.15) is 0 Å². The van der Waals surface area contributed by atoms with E-state index in [4.69, 9.17) is 9.47 Å². The van der Waals surface area contributed by atoms with E-state index in [1.54, 1.807) is 24.3 Å². The molecule has 1 heterocycles. The molecule has 0 atom stereocenters. The summed E-state index contributed by atoms with van der Waals surface area (Å²) in [7, 11) is 3.03. The summed E-state index contributed by atoms with van der Waals surface area (Å²) in [5.41, 5.74) is 2.62. The van der Waals surface area contributed by atoms with E-state index in [9.17, 15) is 4.79 Å². The first-order valence-corrected chi connectivity index (χ1v) is 8.29. The van der Waals surface area contributed by atoms with Gasteiger partial charge in [-0.15, -0.1) is 0 Å². The molecule has 0 aliphatic rings. The van der Waals surface area contributed by atoms with Gasteiger partial charge in [-0.3, -0.25) is 4.79 Å². The van der Waals surface area contributed by atoms with E-state index in [1.165, 1.54) is 20.5 Å². The van der Waals surface area contributed by atoms with Crippen LogP contribution in [-0.4, -0.2) is 30.1 Å². The molecule has 7 heteroatoms. The molecule has 138 valence electrons. The molecule has 0 aliphatic carbocycles. The fourth-order valence-electron chi connectivity index (χ4n) is 2.61. The highest BCUT2D eigenvalue weighted by atomic mass is 16.5. The van der Waals surface area contributed by atoms with E-state index < -0.39 is 0 Å². The van der Waals surface area contributed by atoms with Gasteiger partial charge in [0, 0.05) is 23.1 Å². The Kier molecular flexibility index (Phi) is 5.51. The second-order valence-electron chi connectivity index (χ2n) is 5.74. The van der Waals surface area contributed by atoms with Crippen LogP contribution in [0.1, 0.15) is 16.1 Å². The Bertz CT molecular complexity index is 937. The van der Waals surface area contributed by atoms with Gasteiger partial charge in [0.2, 0.25) is 0 Å². The van der Waals surface area contributed by atoms with E-state index >= 15 is 0 Å². The lowest BCUT2D eigenvalue weighted by atomic mass is 10.1. The lowest BCUT2D eigenvalue weighted by Crippen LogP contribution is -2.14. The molecular formula is C20H20N4O3. The van der Waals surface area contributed by atoms with Crippen molar-refractivity contribution >= 4 is 23.1 Å². The molecule has 3 aromatic rings. The van der Waals surface area contributed by atoms with Crippen molar-refractivity contribution in [2.75, 3.05) is 24.9 Å². The SMILES string of the molecule is COc1cccc(OC)c1C(=O)Nc1cccc(Nc2cc(C)ncn2)c1. The first-order chi connectivity index (χ1) is 13.1. The number of hydrogen-bond donors (Lipinski definition) is 2. The minimum atomic E-state index is -0.320. The molecule has 2 aromatic carbocycles. The Hall–Kier alpha value is -3.61. The summed E-state index contributed by atoms with van der Waals surface area (Å²) in [6.07, 6.45) is 1.50. The lowest BCUT2D eigenvalue weighted by molar-refractivity contribution is 0.102. The molecule has 0 bridgehead atoms. The van der Waals surface area contributed by atoms with Crippen LogP contribution >= 0.6 is 0 Å². The zero-order valence-corrected chi connectivity index (χ0v) is 15.3. The smallest absolute Gasteiger partial charge is 0.263 e. The molecule has 0 spiro atoms. The minimum Gasteiger partial charge on any atom is -0.496 e. The number of carbonyl (C=O) groups is 1. The highest BCUT2D eigenvalue weighted by Crippen LogP contribution is 2.29. The maximum Gasteiger partial charge on any atom is 0.263 e. The van der Waals surface area contributed by atoms with E-state index in [0.717, 1.165) is 11.4 Å². The maximum atomic E-state index is 12.8. The van der Waals surface area contributed by atoms with Crippen molar-refractivity contribution in [3.8, 4) is 11.5 Å². The van der Waals surface area contributed by atoms with Gasteiger partial charge in [0.15, 0.2) is 0 Å². The van der Waals surface area contributed by atoms with Gasteiger partial charge in [0.25, 0.3) is 5.91 Å². The van der Waals surface area contributed by atoms with Gasteiger partial charge in [0.1, 0.15) is 29.2 Å². The number of aryl methyl sites for hydroxylation is 1. The predicted octanol–water partition coefficient (Wildman–Crippen LogP) is 3.80. The highest BCUT2D eigenvalue weighted by Gasteiger charge is 2.18. The molecule has 0 saturated carbocycles. The Balaban J connectivity index is 1.81. The van der Waals surface area contributed by atoms with Crippen LogP contribution in [0, 0.1) is 6.92 Å². The van der Waals surface area contributed by atoms with E-state index in [-0.39, 0.29) is 5.91 Å². The van der Waals surface area contributed by atoms with Crippen LogP contribution in [0.5, 0.6) is 11.5 Å². The summed E-state index contributed by atoms with van der Waals surface area (Å²) in [4.78, 5) is 21.0. The minimum absolute atomic E-state index is 0.320. The van der Waals surface area contributed by atoms with E-state index in [2.05, 4.69) is 20.6 Å². The third kappa shape index (κ3) is 4.33. The number of amides is 1. The second kappa shape index (κ2) is 8.18. The quantitative estimate of drug-likeness (QED) is 0.692. The number of anilines is 3. The summed E-state index contributed by atoms with van der Waals surface area (Å²) in [5, 5.41) is 6.06.